The van der Waals surface area contributed by atoms with Gasteiger partial charge in [0.1, 0.15) is 12.4 Å². The van der Waals surface area contributed by atoms with Crippen LogP contribution >= 0.6 is 35.4 Å². The van der Waals surface area contributed by atoms with Crippen LogP contribution in [0.1, 0.15) is 17.3 Å². The Morgan fingerprint density at radius 2 is 1.73 bits per heavy atom. The second-order valence-electron chi connectivity index (χ2n) is 5.90. The first-order valence-electron chi connectivity index (χ1n) is 8.37. The number of benzene rings is 1. The van der Waals surface area contributed by atoms with Crippen LogP contribution in [0.5, 0.6) is 0 Å². The first-order valence-corrected chi connectivity index (χ1v) is 9.59. The topological polar surface area (TPSA) is 102 Å². The van der Waals surface area contributed by atoms with E-state index in [1.807, 2.05) is 0 Å². The second kappa shape index (κ2) is 9.54. The average Bonchev–Trinajstić information content (AvgIpc) is 2.70. The third-order valence-corrected chi connectivity index (χ3v) is 5.10. The number of nitrogens with zero attached hydrogens (tertiary/aromatic N) is 3. The Labute approximate surface area is 184 Å². The zero-order valence-electron chi connectivity index (χ0n) is 16.0. The van der Waals surface area contributed by atoms with E-state index in [1.165, 1.54) is 14.1 Å². The summed E-state index contributed by atoms with van der Waals surface area (Å²) in [7, 11) is 2.61. The van der Waals surface area contributed by atoms with Gasteiger partial charge in [0, 0.05) is 14.1 Å². The molecule has 2 aromatic rings. The molecule has 1 aromatic heterocycles. The Morgan fingerprint density at radius 1 is 1.17 bits per heavy atom. The SMILES string of the molecule is CCOC(=O)C(Cl)COC(=O)c1cc(-n2c(=O)n(C)c(=S)n(C)c2=O)c(F)cc1Cl. The standard InChI is InChI=1S/C17H16Cl2FN3O6S/c1-4-28-14(25)10(19)7-29-13(24)8-5-12(11(20)6-9(8)18)23-15(26)21(2)17(30)22(3)16(23)27/h5-6,10H,4,7H2,1-3H3. The lowest BCUT2D eigenvalue weighted by Gasteiger charge is -2.14. The van der Waals surface area contributed by atoms with Gasteiger partial charge in [0.15, 0.2) is 10.1 Å². The number of rotatable bonds is 6. The molecule has 1 atom stereocenters. The summed E-state index contributed by atoms with van der Waals surface area (Å²) in [5.74, 6) is -2.87. The number of alkyl halides is 1. The minimum Gasteiger partial charge on any atom is -0.465 e. The van der Waals surface area contributed by atoms with Gasteiger partial charge in [0.25, 0.3) is 0 Å². The maximum absolute atomic E-state index is 14.5. The summed E-state index contributed by atoms with van der Waals surface area (Å²) >= 11 is 16.7. The zero-order valence-corrected chi connectivity index (χ0v) is 18.3. The number of carbonyl (C=O) groups is 2. The predicted octanol–water partition coefficient (Wildman–Crippen LogP) is 1.72. The number of carbonyl (C=O) groups excluding carboxylic acids is 2. The van der Waals surface area contributed by atoms with Gasteiger partial charge in [-0.05, 0) is 31.3 Å². The molecule has 9 nitrogen and oxygen atoms in total. The third-order valence-electron chi connectivity index (χ3n) is 3.93. The van der Waals surface area contributed by atoms with Gasteiger partial charge in [0.2, 0.25) is 0 Å². The van der Waals surface area contributed by atoms with Crippen LogP contribution in [0, 0.1) is 10.6 Å². The molecule has 0 radical (unpaired) electrons. The van der Waals surface area contributed by atoms with Crippen LogP contribution in [0.3, 0.4) is 0 Å². The zero-order chi connectivity index (χ0) is 22.7. The molecule has 0 amide bonds. The number of hydrogen-bond donors (Lipinski definition) is 0. The number of halogens is 3. The van der Waals surface area contributed by atoms with Crippen molar-refractivity contribution >= 4 is 47.4 Å². The van der Waals surface area contributed by atoms with Crippen molar-refractivity contribution in [2.75, 3.05) is 13.2 Å². The Hall–Kier alpha value is -2.50. The summed E-state index contributed by atoms with van der Waals surface area (Å²) in [6.07, 6.45) is 0. The van der Waals surface area contributed by atoms with Gasteiger partial charge in [-0.15, -0.1) is 11.6 Å². The highest BCUT2D eigenvalue weighted by Crippen LogP contribution is 2.23. The molecule has 0 aliphatic carbocycles. The van der Waals surface area contributed by atoms with E-state index in [0.717, 1.165) is 21.3 Å². The molecule has 0 bridgehead atoms. The van der Waals surface area contributed by atoms with Crippen LogP contribution in [0.25, 0.3) is 5.69 Å². The molecule has 0 saturated heterocycles. The quantitative estimate of drug-likeness (QED) is 0.353. The van der Waals surface area contributed by atoms with Crippen LogP contribution in [0.2, 0.25) is 5.02 Å². The summed E-state index contributed by atoms with van der Waals surface area (Å²) in [4.78, 5) is 48.9. The molecule has 0 aliphatic rings. The van der Waals surface area contributed by atoms with E-state index in [4.69, 9.17) is 44.9 Å². The molecular formula is C17H16Cl2FN3O6S. The molecular weight excluding hydrogens is 464 g/mol. The molecule has 30 heavy (non-hydrogen) atoms. The summed E-state index contributed by atoms with van der Waals surface area (Å²) in [6.45, 7) is 1.13. The van der Waals surface area contributed by atoms with Crippen LogP contribution in [-0.2, 0) is 28.4 Å². The Bertz CT molecular complexity index is 1150. The van der Waals surface area contributed by atoms with Crippen LogP contribution in [-0.4, -0.2) is 44.2 Å². The van der Waals surface area contributed by atoms with Crippen molar-refractivity contribution in [3.63, 3.8) is 0 Å². The van der Waals surface area contributed by atoms with Gasteiger partial charge in [-0.1, -0.05) is 11.6 Å². The van der Waals surface area contributed by atoms with Gasteiger partial charge >= 0.3 is 23.3 Å². The fourth-order valence-electron chi connectivity index (χ4n) is 2.37. The predicted molar refractivity (Wildman–Crippen MR) is 109 cm³/mol. The molecule has 0 N–H and O–H groups in total. The number of ether oxygens (including phenoxy) is 2. The number of esters is 2. The smallest absolute Gasteiger partial charge is 0.339 e. The minimum absolute atomic E-state index is 0.0811. The maximum Gasteiger partial charge on any atom is 0.339 e. The number of hydrogen-bond acceptors (Lipinski definition) is 7. The van der Waals surface area contributed by atoms with Gasteiger partial charge in [0.05, 0.1) is 22.9 Å². The highest BCUT2D eigenvalue weighted by atomic mass is 35.5. The van der Waals surface area contributed by atoms with E-state index in [-0.39, 0.29) is 22.0 Å². The fraction of sp³-hybridized carbons (Fsp3) is 0.353. The number of aromatic nitrogens is 3. The lowest BCUT2D eigenvalue weighted by molar-refractivity contribution is -0.143. The Balaban J connectivity index is 2.49. The fourth-order valence-corrected chi connectivity index (χ4v) is 2.88. The normalized spacial score (nSPS) is 11.8. The van der Waals surface area contributed by atoms with Crippen molar-refractivity contribution < 1.29 is 23.5 Å². The van der Waals surface area contributed by atoms with Gasteiger partial charge < -0.3 is 9.47 Å². The Kier molecular flexibility index (Phi) is 7.56. The van der Waals surface area contributed by atoms with Gasteiger partial charge in [-0.2, -0.15) is 0 Å². The second-order valence-corrected chi connectivity index (χ2v) is 7.20. The lowest BCUT2D eigenvalue weighted by Crippen LogP contribution is -2.43. The molecule has 0 fully saturated rings. The average molecular weight is 480 g/mol. The van der Waals surface area contributed by atoms with Crippen LogP contribution < -0.4 is 11.4 Å². The molecule has 1 aromatic carbocycles. The van der Waals surface area contributed by atoms with Crippen molar-refractivity contribution in [3.8, 4) is 5.69 Å². The molecule has 1 unspecified atom stereocenters. The molecule has 0 spiro atoms. The van der Waals surface area contributed by atoms with Crippen molar-refractivity contribution in [1.82, 2.24) is 13.7 Å². The largest absolute Gasteiger partial charge is 0.465 e. The van der Waals surface area contributed by atoms with E-state index in [1.54, 1.807) is 6.92 Å². The summed E-state index contributed by atoms with van der Waals surface area (Å²) in [6, 6.07) is 1.64. The van der Waals surface area contributed by atoms with E-state index < -0.39 is 46.8 Å². The van der Waals surface area contributed by atoms with Crippen molar-refractivity contribution in [2.24, 2.45) is 14.1 Å². The van der Waals surface area contributed by atoms with Crippen LogP contribution in [0.15, 0.2) is 21.7 Å². The molecule has 162 valence electrons. The van der Waals surface area contributed by atoms with E-state index in [2.05, 4.69) is 0 Å². The molecule has 2 rings (SSSR count). The van der Waals surface area contributed by atoms with Crippen molar-refractivity contribution in [2.45, 2.75) is 12.3 Å². The third kappa shape index (κ3) is 4.63. The van der Waals surface area contributed by atoms with E-state index >= 15 is 0 Å². The van der Waals surface area contributed by atoms with E-state index in [0.29, 0.717) is 4.57 Å². The monoisotopic (exact) mass is 479 g/mol. The summed E-state index contributed by atoms with van der Waals surface area (Å²) in [5, 5.41) is -1.60. The highest BCUT2D eigenvalue weighted by Gasteiger charge is 2.23. The van der Waals surface area contributed by atoms with Gasteiger partial charge in [-0.25, -0.2) is 23.3 Å². The first kappa shape index (κ1) is 23.8. The maximum atomic E-state index is 14.5. The molecule has 1 heterocycles. The van der Waals surface area contributed by atoms with Crippen molar-refractivity contribution in [3.05, 3.63) is 54.3 Å². The highest BCUT2D eigenvalue weighted by molar-refractivity contribution is 7.71. The molecule has 0 saturated carbocycles. The first-order chi connectivity index (χ1) is 14.0. The van der Waals surface area contributed by atoms with Gasteiger partial charge in [-0.3, -0.25) is 13.9 Å². The molecule has 13 heteroatoms. The minimum atomic E-state index is -1.26. The summed E-state index contributed by atoms with van der Waals surface area (Å²) < 4.78 is 26.5. The van der Waals surface area contributed by atoms with Crippen LogP contribution in [0.4, 0.5) is 4.39 Å². The van der Waals surface area contributed by atoms with E-state index in [9.17, 15) is 23.6 Å². The van der Waals surface area contributed by atoms with Crippen molar-refractivity contribution in [1.29, 1.82) is 0 Å². The molecule has 0 aliphatic heterocycles. The summed E-state index contributed by atoms with van der Waals surface area (Å²) in [5.41, 5.74) is -2.73. The lowest BCUT2D eigenvalue weighted by atomic mass is 10.2. The Morgan fingerprint density at radius 3 is 2.27 bits per heavy atom.